The minimum Gasteiger partial charge on any atom is -0.329 e. The number of pyridine rings is 2. The molecule has 2 aromatic heterocycles. The molecule has 5 heteroatoms. The van der Waals surface area contributed by atoms with Crippen molar-refractivity contribution in [3.8, 4) is 34.0 Å². The number of aromatic nitrogens is 2. The quantitative estimate of drug-likeness (QED) is 0.583. The third kappa shape index (κ3) is 3.52. The highest BCUT2D eigenvalue weighted by molar-refractivity contribution is 5.76. The molecular weight excluding hydrogens is 362 g/mol. The summed E-state index contributed by atoms with van der Waals surface area (Å²) >= 11 is 0. The average Bonchev–Trinajstić information content (AvgIpc) is 2.74. The van der Waals surface area contributed by atoms with Gasteiger partial charge in [0.1, 0.15) is 0 Å². The largest absolute Gasteiger partial charge is 0.329 e. The predicted molar refractivity (Wildman–Crippen MR) is 113 cm³/mol. The molecule has 2 aromatic carbocycles. The summed E-state index contributed by atoms with van der Waals surface area (Å²) in [5.41, 5.74) is 4.20. The zero-order valence-corrected chi connectivity index (χ0v) is 15.7. The Morgan fingerprint density at radius 1 is 0.897 bits per heavy atom. The topological polar surface area (TPSA) is 78.7 Å². The van der Waals surface area contributed by atoms with Gasteiger partial charge in [-0.25, -0.2) is 0 Å². The van der Waals surface area contributed by atoms with Crippen LogP contribution in [0.4, 0.5) is 0 Å². The van der Waals surface area contributed by atoms with Crippen LogP contribution in [-0.2, 0) is 0 Å². The molecule has 0 saturated heterocycles. The van der Waals surface area contributed by atoms with Crippen molar-refractivity contribution in [2.24, 2.45) is 0 Å². The van der Waals surface area contributed by atoms with Crippen molar-refractivity contribution in [1.29, 1.82) is 5.26 Å². The molecule has 0 aliphatic heterocycles. The van der Waals surface area contributed by atoms with Crippen LogP contribution in [0.2, 0.25) is 0 Å². The lowest BCUT2D eigenvalue weighted by atomic mass is 9.97. The summed E-state index contributed by atoms with van der Waals surface area (Å²) in [6.07, 6.45) is 3.18. The van der Waals surface area contributed by atoms with E-state index >= 15 is 0 Å². The lowest BCUT2D eigenvalue weighted by Gasteiger charge is -2.13. The summed E-state index contributed by atoms with van der Waals surface area (Å²) in [7, 11) is 0. The number of hydrogen-bond donors (Lipinski definition) is 1. The van der Waals surface area contributed by atoms with E-state index in [1.165, 1.54) is 16.8 Å². The first kappa shape index (κ1) is 18.2. The molecule has 0 radical (unpaired) electrons. The number of rotatable bonds is 3. The molecule has 0 atom stereocenters. The van der Waals surface area contributed by atoms with Crippen molar-refractivity contribution in [1.82, 2.24) is 9.55 Å². The predicted octanol–water partition coefficient (Wildman–Crippen LogP) is 4.04. The van der Waals surface area contributed by atoms with Crippen LogP contribution in [0.25, 0.3) is 27.9 Å². The number of aryl methyl sites for hydroxylation is 1. The van der Waals surface area contributed by atoms with E-state index in [2.05, 4.69) is 11.1 Å². The highest BCUT2D eigenvalue weighted by atomic mass is 16.1. The molecule has 2 heterocycles. The molecule has 0 aliphatic carbocycles. The third-order valence-electron chi connectivity index (χ3n) is 4.74. The van der Waals surface area contributed by atoms with E-state index in [0.29, 0.717) is 16.8 Å². The van der Waals surface area contributed by atoms with Crippen molar-refractivity contribution in [3.05, 3.63) is 111 Å². The van der Waals surface area contributed by atoms with Gasteiger partial charge in [-0.15, -0.1) is 0 Å². The van der Waals surface area contributed by atoms with Gasteiger partial charge in [-0.3, -0.25) is 14.2 Å². The fourth-order valence-corrected chi connectivity index (χ4v) is 3.36. The Morgan fingerprint density at radius 3 is 2.48 bits per heavy atom. The van der Waals surface area contributed by atoms with Crippen LogP contribution in [0.1, 0.15) is 11.1 Å². The van der Waals surface area contributed by atoms with E-state index < -0.39 is 0 Å². The molecule has 0 bridgehead atoms. The second kappa shape index (κ2) is 7.45. The van der Waals surface area contributed by atoms with Gasteiger partial charge in [0.05, 0.1) is 17.3 Å². The zero-order chi connectivity index (χ0) is 20.4. The van der Waals surface area contributed by atoms with Gasteiger partial charge >= 0.3 is 0 Å². The molecular formula is C24H17N3O2. The molecule has 0 fully saturated rings. The maximum absolute atomic E-state index is 13.3. The van der Waals surface area contributed by atoms with E-state index in [-0.39, 0.29) is 11.1 Å². The van der Waals surface area contributed by atoms with E-state index in [1.54, 1.807) is 30.5 Å². The Bertz CT molecular complexity index is 1370. The maximum atomic E-state index is 13.3. The Hall–Kier alpha value is -4.17. The first-order valence-corrected chi connectivity index (χ1v) is 9.09. The molecule has 1 N–H and O–H groups in total. The van der Waals surface area contributed by atoms with Crippen molar-refractivity contribution < 1.29 is 0 Å². The molecule has 0 spiro atoms. The minimum absolute atomic E-state index is 0.237. The number of benzene rings is 2. The number of aromatic amines is 1. The lowest BCUT2D eigenvalue weighted by molar-refractivity contribution is 0.983. The van der Waals surface area contributed by atoms with Gasteiger partial charge in [0.2, 0.25) is 5.56 Å². The van der Waals surface area contributed by atoms with Crippen LogP contribution in [0.3, 0.4) is 0 Å². The van der Waals surface area contributed by atoms with Crippen LogP contribution in [-0.4, -0.2) is 9.55 Å². The van der Waals surface area contributed by atoms with Crippen LogP contribution >= 0.6 is 0 Å². The Morgan fingerprint density at radius 2 is 1.72 bits per heavy atom. The molecule has 29 heavy (non-hydrogen) atoms. The minimum atomic E-state index is -0.297. The van der Waals surface area contributed by atoms with Crippen LogP contribution in [0.5, 0.6) is 0 Å². The van der Waals surface area contributed by atoms with Gasteiger partial charge in [0.25, 0.3) is 5.56 Å². The van der Waals surface area contributed by atoms with Gasteiger partial charge in [0, 0.05) is 35.2 Å². The molecule has 0 saturated carbocycles. The van der Waals surface area contributed by atoms with Crippen molar-refractivity contribution in [2.75, 3.05) is 0 Å². The Labute approximate surface area is 167 Å². The number of H-pyrrole nitrogens is 1. The molecule has 0 unspecified atom stereocenters. The second-order valence-corrected chi connectivity index (χ2v) is 6.76. The van der Waals surface area contributed by atoms with Gasteiger partial charge in [0.15, 0.2) is 0 Å². The number of hydrogen-bond acceptors (Lipinski definition) is 3. The summed E-state index contributed by atoms with van der Waals surface area (Å²) < 4.78 is 1.45. The first-order chi connectivity index (χ1) is 14.1. The summed E-state index contributed by atoms with van der Waals surface area (Å²) in [5.74, 6) is 0. The van der Waals surface area contributed by atoms with Gasteiger partial charge < -0.3 is 4.98 Å². The zero-order valence-electron chi connectivity index (χ0n) is 15.7. The molecule has 140 valence electrons. The molecule has 0 aliphatic rings. The van der Waals surface area contributed by atoms with E-state index in [1.807, 2.05) is 43.3 Å². The van der Waals surface area contributed by atoms with Gasteiger partial charge in [-0.2, -0.15) is 5.26 Å². The maximum Gasteiger partial charge on any atom is 0.262 e. The highest BCUT2D eigenvalue weighted by Gasteiger charge is 2.14. The van der Waals surface area contributed by atoms with E-state index in [9.17, 15) is 14.9 Å². The monoisotopic (exact) mass is 379 g/mol. The Kier molecular flexibility index (Phi) is 4.68. The van der Waals surface area contributed by atoms with Crippen molar-refractivity contribution in [2.45, 2.75) is 6.92 Å². The summed E-state index contributed by atoms with van der Waals surface area (Å²) in [4.78, 5) is 27.7. The third-order valence-corrected chi connectivity index (χ3v) is 4.74. The second-order valence-electron chi connectivity index (χ2n) is 6.76. The molecule has 5 nitrogen and oxygen atoms in total. The number of nitrogens with zero attached hydrogens (tertiary/aromatic N) is 2. The Balaban J connectivity index is 2.06. The fourth-order valence-electron chi connectivity index (χ4n) is 3.36. The van der Waals surface area contributed by atoms with E-state index in [4.69, 9.17) is 0 Å². The summed E-state index contributed by atoms with van der Waals surface area (Å²) in [6.45, 7) is 1.97. The van der Waals surface area contributed by atoms with E-state index in [0.717, 1.165) is 22.3 Å². The lowest BCUT2D eigenvalue weighted by Crippen LogP contribution is -2.21. The van der Waals surface area contributed by atoms with Crippen molar-refractivity contribution in [3.63, 3.8) is 0 Å². The number of nitrogens with one attached hydrogen (secondary N) is 1. The van der Waals surface area contributed by atoms with Crippen LogP contribution < -0.4 is 11.1 Å². The summed E-state index contributed by atoms with van der Waals surface area (Å²) in [5, 5.41) is 9.52. The van der Waals surface area contributed by atoms with Crippen molar-refractivity contribution >= 4 is 0 Å². The van der Waals surface area contributed by atoms with Gasteiger partial charge in [-0.05, 0) is 30.7 Å². The molecule has 0 amide bonds. The molecule has 4 aromatic rings. The van der Waals surface area contributed by atoms with Crippen LogP contribution in [0.15, 0.2) is 88.7 Å². The number of nitriles is 1. The SMILES string of the molecule is Cc1cccc(-c2cc(-c3ccccc3C#N)cn(-c3cc[nH]c(=O)c3)c2=O)c1. The van der Waals surface area contributed by atoms with Gasteiger partial charge in [-0.1, -0.05) is 48.0 Å². The normalized spacial score (nSPS) is 10.5. The van der Waals surface area contributed by atoms with Crippen LogP contribution in [0, 0.1) is 18.3 Å². The average molecular weight is 379 g/mol. The molecule has 4 rings (SSSR count). The highest BCUT2D eigenvalue weighted by Crippen LogP contribution is 2.27. The smallest absolute Gasteiger partial charge is 0.262 e. The first-order valence-electron chi connectivity index (χ1n) is 9.09. The standard InChI is InChI=1S/C24H17N3O2/c1-16-5-4-7-17(11-16)22-12-19(21-8-3-2-6-18(21)14-25)15-27(24(22)29)20-9-10-26-23(28)13-20/h2-13,15H,1H3,(H,26,28). The fraction of sp³-hybridized carbons (Fsp3) is 0.0417. The summed E-state index contributed by atoms with van der Waals surface area (Å²) in [6, 6.07) is 22.0.